The van der Waals surface area contributed by atoms with Crippen molar-refractivity contribution >= 4 is 44.9 Å². The maximum absolute atomic E-state index is 2.70. The summed E-state index contributed by atoms with van der Waals surface area (Å²) in [5.41, 5.74) is 18.9. The Morgan fingerprint density at radius 1 is 0.435 bits per heavy atom. The van der Waals surface area contributed by atoms with E-state index in [9.17, 15) is 0 Å². The van der Waals surface area contributed by atoms with Gasteiger partial charge in [0.25, 0.3) is 0 Å². The van der Waals surface area contributed by atoms with E-state index >= 15 is 0 Å². The second kappa shape index (κ2) is 14.2. The van der Waals surface area contributed by atoms with Crippen LogP contribution in [0.3, 0.4) is 0 Å². The molecule has 5 aliphatic rings. The lowest BCUT2D eigenvalue weighted by molar-refractivity contribution is -0.0398. The van der Waals surface area contributed by atoms with E-state index in [0.717, 1.165) is 11.8 Å². The summed E-state index contributed by atoms with van der Waals surface area (Å²) in [6, 6.07) is 56.4. The molecule has 0 aliphatic heterocycles. The van der Waals surface area contributed by atoms with Gasteiger partial charge in [0.15, 0.2) is 0 Å². The van der Waals surface area contributed by atoms with Crippen LogP contribution in [0.2, 0.25) is 0 Å². The second-order valence-corrected chi connectivity index (χ2v) is 21.6. The van der Waals surface area contributed by atoms with Crippen molar-refractivity contribution in [1.29, 1.82) is 0 Å². The van der Waals surface area contributed by atoms with Crippen LogP contribution in [0.5, 0.6) is 0 Å². The monoisotopic (exact) mass is 810 g/mol. The number of para-hydroxylation sites is 2. The maximum atomic E-state index is 2.70. The molecule has 0 atom stereocenters. The molecular formula is C60H62N2. The first-order valence-corrected chi connectivity index (χ1v) is 23.4. The van der Waals surface area contributed by atoms with Gasteiger partial charge in [-0.15, -0.1) is 0 Å². The Morgan fingerprint density at radius 2 is 0.903 bits per heavy atom. The predicted molar refractivity (Wildman–Crippen MR) is 263 cm³/mol. The molecule has 2 nitrogen and oxygen atoms in total. The number of rotatable bonds is 6. The molecule has 0 heterocycles. The van der Waals surface area contributed by atoms with Crippen molar-refractivity contribution in [3.63, 3.8) is 0 Å². The van der Waals surface area contributed by atoms with Crippen LogP contribution in [0, 0.1) is 37.5 Å². The maximum Gasteiger partial charge on any atom is 0.0543 e. The Balaban J connectivity index is 1.17. The Kier molecular flexibility index (Phi) is 9.00. The normalized spacial score (nSPS) is 22.3. The van der Waals surface area contributed by atoms with Gasteiger partial charge >= 0.3 is 0 Å². The van der Waals surface area contributed by atoms with Crippen molar-refractivity contribution in [3.8, 4) is 11.1 Å². The highest BCUT2D eigenvalue weighted by Crippen LogP contribution is 2.71. The minimum Gasteiger partial charge on any atom is -0.310 e. The van der Waals surface area contributed by atoms with Gasteiger partial charge in [-0.1, -0.05) is 133 Å². The Morgan fingerprint density at radius 3 is 1.44 bits per heavy atom. The lowest BCUT2D eigenvalue weighted by Crippen LogP contribution is -2.55. The third-order valence-corrected chi connectivity index (χ3v) is 15.8. The average molecular weight is 811 g/mol. The zero-order valence-corrected chi connectivity index (χ0v) is 38.1. The van der Waals surface area contributed by atoms with Gasteiger partial charge in [0.05, 0.1) is 5.69 Å². The molecule has 0 radical (unpaired) electrons. The number of benzene rings is 7. The molecule has 7 aromatic rings. The fourth-order valence-corrected chi connectivity index (χ4v) is 13.0. The van der Waals surface area contributed by atoms with E-state index < -0.39 is 0 Å². The number of hydrogen-bond donors (Lipinski definition) is 0. The molecule has 2 heteroatoms. The largest absolute Gasteiger partial charge is 0.310 e. The van der Waals surface area contributed by atoms with E-state index in [0.29, 0.717) is 11.8 Å². The summed E-state index contributed by atoms with van der Waals surface area (Å²) in [4.78, 5) is 5.13. The number of hydrogen-bond acceptors (Lipinski definition) is 2. The molecule has 4 fully saturated rings. The fourth-order valence-electron chi connectivity index (χ4n) is 13.0. The SMILES string of the molecule is Cc1ccccc1N(c1ccc(C(C)(C)C)cc1)c1ccc2c(c1)C1(c3cc(N(c4ccc(C(C)(C)C)cc4)c4ccccc4C)c4ccccc4c3-2)C2CC3CC(C2)CC1C3. The summed E-state index contributed by atoms with van der Waals surface area (Å²) in [5, 5.41) is 2.68. The zero-order valence-electron chi connectivity index (χ0n) is 38.1. The van der Waals surface area contributed by atoms with Gasteiger partial charge in [-0.25, -0.2) is 0 Å². The summed E-state index contributed by atoms with van der Waals surface area (Å²) in [5.74, 6) is 2.96. The van der Waals surface area contributed by atoms with Crippen LogP contribution in [0.4, 0.5) is 34.1 Å². The first kappa shape index (κ1) is 39.3. The molecule has 0 aromatic heterocycles. The molecular weight excluding hydrogens is 749 g/mol. The molecule has 1 spiro atoms. The molecule has 0 unspecified atom stereocenters. The van der Waals surface area contributed by atoms with E-state index in [1.54, 1.807) is 11.1 Å². The van der Waals surface area contributed by atoms with Crippen LogP contribution in [0.25, 0.3) is 21.9 Å². The topological polar surface area (TPSA) is 6.48 Å². The van der Waals surface area contributed by atoms with Crippen molar-refractivity contribution in [2.75, 3.05) is 9.80 Å². The van der Waals surface area contributed by atoms with Crippen molar-refractivity contribution in [3.05, 3.63) is 179 Å². The summed E-state index contributed by atoms with van der Waals surface area (Å²) < 4.78 is 0. The molecule has 5 aliphatic carbocycles. The van der Waals surface area contributed by atoms with Gasteiger partial charge in [-0.2, -0.15) is 0 Å². The van der Waals surface area contributed by atoms with Crippen molar-refractivity contribution < 1.29 is 0 Å². The fraction of sp³-hybridized carbons (Fsp3) is 0.333. The molecule has 7 aromatic carbocycles. The molecule has 0 N–H and O–H groups in total. The Bertz CT molecular complexity index is 2820. The molecule has 0 amide bonds. The van der Waals surface area contributed by atoms with Crippen LogP contribution in [-0.2, 0) is 16.2 Å². The van der Waals surface area contributed by atoms with Crippen LogP contribution < -0.4 is 9.80 Å². The van der Waals surface area contributed by atoms with Gasteiger partial charge in [-0.05, 0) is 185 Å². The van der Waals surface area contributed by atoms with E-state index in [-0.39, 0.29) is 16.2 Å². The number of nitrogens with zero attached hydrogens (tertiary/aromatic N) is 2. The van der Waals surface area contributed by atoms with E-state index in [1.807, 2.05) is 0 Å². The lowest BCUT2D eigenvalue weighted by atomic mass is 9.43. The van der Waals surface area contributed by atoms with E-state index in [2.05, 4.69) is 211 Å². The van der Waals surface area contributed by atoms with Crippen molar-refractivity contribution in [1.82, 2.24) is 0 Å². The number of anilines is 6. The van der Waals surface area contributed by atoms with Gasteiger partial charge < -0.3 is 9.80 Å². The van der Waals surface area contributed by atoms with E-state index in [1.165, 1.54) is 110 Å². The molecule has 312 valence electrons. The van der Waals surface area contributed by atoms with Crippen LogP contribution >= 0.6 is 0 Å². The van der Waals surface area contributed by atoms with E-state index in [4.69, 9.17) is 0 Å². The first-order valence-electron chi connectivity index (χ1n) is 23.4. The van der Waals surface area contributed by atoms with Crippen LogP contribution in [0.15, 0.2) is 146 Å². The van der Waals surface area contributed by atoms with Crippen LogP contribution in [0.1, 0.15) is 107 Å². The first-order chi connectivity index (χ1) is 29.8. The minimum absolute atomic E-state index is 0.0478. The van der Waals surface area contributed by atoms with Crippen molar-refractivity contribution in [2.45, 2.75) is 104 Å². The Hall–Kier alpha value is -5.60. The Labute approximate surface area is 370 Å². The van der Waals surface area contributed by atoms with Gasteiger partial charge in [0, 0.05) is 39.2 Å². The lowest BCUT2D eigenvalue weighted by Gasteiger charge is -2.61. The third kappa shape index (κ3) is 6.03. The zero-order chi connectivity index (χ0) is 42.7. The highest BCUT2D eigenvalue weighted by molar-refractivity contribution is 6.10. The third-order valence-electron chi connectivity index (χ3n) is 15.8. The van der Waals surface area contributed by atoms with Gasteiger partial charge in [0.2, 0.25) is 0 Å². The minimum atomic E-state index is -0.0478. The molecule has 4 bridgehead atoms. The quantitative estimate of drug-likeness (QED) is 0.165. The molecule has 62 heavy (non-hydrogen) atoms. The number of aryl methyl sites for hydroxylation is 2. The summed E-state index contributed by atoms with van der Waals surface area (Å²) in [6.07, 6.45) is 6.78. The highest BCUT2D eigenvalue weighted by atomic mass is 15.2. The van der Waals surface area contributed by atoms with Gasteiger partial charge in [-0.3, -0.25) is 0 Å². The van der Waals surface area contributed by atoms with Crippen molar-refractivity contribution in [2.24, 2.45) is 23.7 Å². The standard InChI is InChI=1S/C60H62N2/c1-38-15-9-13-19-54(38)61(46-25-21-42(22-26-46)58(3,4)5)48-29-30-51-52(36-48)60(44-32-40-31-41(34-44)35-45(60)33-40)53-37-56(49-17-11-12-18-50(49)57(51)53)62(55-20-14-10-16-39(55)2)47-27-23-43(24-28-47)59(6,7)8/h9-30,36-37,40-41,44-45H,31-35H2,1-8H3. The van der Waals surface area contributed by atoms with Crippen LogP contribution in [-0.4, -0.2) is 0 Å². The highest BCUT2D eigenvalue weighted by Gasteiger charge is 2.62. The predicted octanol–water partition coefficient (Wildman–Crippen LogP) is 16.7. The second-order valence-electron chi connectivity index (χ2n) is 21.6. The molecule has 0 saturated heterocycles. The summed E-state index contributed by atoms with van der Waals surface area (Å²) >= 11 is 0. The average Bonchev–Trinajstić information content (AvgIpc) is 3.54. The molecule has 4 saturated carbocycles. The summed E-state index contributed by atoms with van der Waals surface area (Å²) in [7, 11) is 0. The smallest absolute Gasteiger partial charge is 0.0543 e. The molecule has 12 rings (SSSR count). The number of fused-ring (bicyclic) bond motifs is 5. The van der Waals surface area contributed by atoms with Gasteiger partial charge in [0.1, 0.15) is 0 Å². The summed E-state index contributed by atoms with van der Waals surface area (Å²) in [6.45, 7) is 18.4.